The molecule has 0 N–H and O–H groups in total. The molecular weight excluding hydrogens is 418 g/mol. The molecule has 162 valence electrons. The Morgan fingerprint density at radius 2 is 1.79 bits per heavy atom. The van der Waals surface area contributed by atoms with Crippen LogP contribution in [0.15, 0.2) is 23.1 Å². The van der Waals surface area contributed by atoms with Gasteiger partial charge in [0.2, 0.25) is 26.0 Å². The minimum atomic E-state index is -3.92. The largest absolute Gasteiger partial charge is 0.492 e. The van der Waals surface area contributed by atoms with Gasteiger partial charge in [0.15, 0.2) is 0 Å². The molecule has 2 aliphatic rings. The predicted octanol–water partition coefficient (Wildman–Crippen LogP) is 0.724. The van der Waals surface area contributed by atoms with Crippen molar-refractivity contribution < 1.29 is 26.4 Å². The molecule has 2 saturated heterocycles. The number of hydrogen-bond donors (Lipinski definition) is 0. The number of ether oxygens (including phenoxy) is 1. The number of amides is 1. The van der Waals surface area contributed by atoms with E-state index < -0.39 is 31.9 Å². The molecule has 11 heteroatoms. The van der Waals surface area contributed by atoms with Crippen LogP contribution in [0.2, 0.25) is 0 Å². The van der Waals surface area contributed by atoms with Crippen LogP contribution in [0.25, 0.3) is 0 Å². The number of sulfonamides is 2. The smallest absolute Gasteiger partial charge is 0.246 e. The lowest BCUT2D eigenvalue weighted by Gasteiger charge is -2.33. The van der Waals surface area contributed by atoms with E-state index in [1.807, 2.05) is 6.92 Å². The molecule has 0 saturated carbocycles. The molecule has 1 unspecified atom stereocenters. The monoisotopic (exact) mass is 445 g/mol. The van der Waals surface area contributed by atoms with Gasteiger partial charge in [0.05, 0.1) is 24.0 Å². The minimum Gasteiger partial charge on any atom is -0.492 e. The summed E-state index contributed by atoms with van der Waals surface area (Å²) in [6.45, 7) is 8.32. The number of carbonyl (C=O) groups is 1. The van der Waals surface area contributed by atoms with Crippen LogP contribution < -0.4 is 9.04 Å². The molecule has 0 spiro atoms. The quantitative estimate of drug-likeness (QED) is 0.636. The number of hydrogen-bond acceptors (Lipinski definition) is 7. The van der Waals surface area contributed by atoms with Gasteiger partial charge >= 0.3 is 0 Å². The molecule has 0 bridgehead atoms. The summed E-state index contributed by atoms with van der Waals surface area (Å²) in [4.78, 5) is 14.4. The van der Waals surface area contributed by atoms with Crippen molar-refractivity contribution in [3.63, 3.8) is 0 Å². The SMILES string of the molecule is CCOc1ccc(N2C(=O)C(C)CS2(=O)=O)cc1S(=O)(=O)N1CCN(CC)CC1. The zero-order valence-corrected chi connectivity index (χ0v) is 18.5. The van der Waals surface area contributed by atoms with Gasteiger partial charge in [0.1, 0.15) is 10.6 Å². The molecule has 0 radical (unpaired) electrons. The van der Waals surface area contributed by atoms with E-state index >= 15 is 0 Å². The van der Waals surface area contributed by atoms with Crippen LogP contribution in [0.1, 0.15) is 20.8 Å². The van der Waals surface area contributed by atoms with Crippen LogP contribution in [0, 0.1) is 5.92 Å². The van der Waals surface area contributed by atoms with Crippen LogP contribution in [0.5, 0.6) is 5.75 Å². The summed E-state index contributed by atoms with van der Waals surface area (Å²) < 4.78 is 59.1. The van der Waals surface area contributed by atoms with Gasteiger partial charge in [-0.25, -0.2) is 21.1 Å². The molecule has 29 heavy (non-hydrogen) atoms. The lowest BCUT2D eigenvalue weighted by molar-refractivity contribution is -0.119. The second-order valence-corrected chi connectivity index (χ2v) is 11.0. The number of rotatable bonds is 6. The molecule has 0 aromatic heterocycles. The van der Waals surface area contributed by atoms with Crippen LogP contribution in [-0.2, 0) is 24.8 Å². The lowest BCUT2D eigenvalue weighted by Crippen LogP contribution is -2.48. The van der Waals surface area contributed by atoms with Crippen molar-refractivity contribution in [2.45, 2.75) is 25.7 Å². The maximum absolute atomic E-state index is 13.3. The summed E-state index contributed by atoms with van der Waals surface area (Å²) in [5.74, 6) is -1.38. The highest BCUT2D eigenvalue weighted by molar-refractivity contribution is 7.94. The molecule has 1 aromatic carbocycles. The number of piperazine rings is 1. The van der Waals surface area contributed by atoms with E-state index in [1.165, 1.54) is 22.5 Å². The van der Waals surface area contributed by atoms with E-state index in [9.17, 15) is 21.6 Å². The third-order valence-corrected chi connectivity index (χ3v) is 9.01. The summed E-state index contributed by atoms with van der Waals surface area (Å²) >= 11 is 0. The molecule has 2 fully saturated rings. The standard InChI is InChI=1S/C18H27N3O6S2/c1-4-19-8-10-20(11-9-19)29(25,26)17-12-15(6-7-16(17)27-5-2)21-18(22)14(3)13-28(21,23)24/h6-7,12,14H,4-5,8-11,13H2,1-3H3. The zero-order chi connectivity index (χ0) is 21.4. The normalized spacial score (nSPS) is 23.5. The van der Waals surface area contributed by atoms with Gasteiger partial charge in [-0.15, -0.1) is 0 Å². The molecule has 0 aliphatic carbocycles. The van der Waals surface area contributed by atoms with Crippen LogP contribution in [0.4, 0.5) is 5.69 Å². The molecule has 1 amide bonds. The zero-order valence-electron chi connectivity index (χ0n) is 16.9. The molecule has 2 heterocycles. The second kappa shape index (κ2) is 8.21. The van der Waals surface area contributed by atoms with Crippen molar-refractivity contribution in [3.05, 3.63) is 18.2 Å². The van der Waals surface area contributed by atoms with E-state index in [0.29, 0.717) is 30.5 Å². The van der Waals surface area contributed by atoms with Crippen molar-refractivity contribution in [1.82, 2.24) is 9.21 Å². The second-order valence-electron chi connectivity index (χ2n) is 7.18. The summed E-state index contributed by atoms with van der Waals surface area (Å²) in [7, 11) is -7.75. The number of benzene rings is 1. The Morgan fingerprint density at radius 3 is 2.31 bits per heavy atom. The van der Waals surface area contributed by atoms with Gasteiger partial charge in [-0.3, -0.25) is 4.79 Å². The Labute approximate surface area is 172 Å². The van der Waals surface area contributed by atoms with E-state index in [2.05, 4.69) is 4.90 Å². The van der Waals surface area contributed by atoms with Gasteiger partial charge in [-0.05, 0) is 31.7 Å². The highest BCUT2D eigenvalue weighted by Gasteiger charge is 2.43. The molecule has 2 aliphatic heterocycles. The molecule has 9 nitrogen and oxygen atoms in total. The van der Waals surface area contributed by atoms with E-state index in [4.69, 9.17) is 4.74 Å². The lowest BCUT2D eigenvalue weighted by atomic mass is 10.2. The van der Waals surface area contributed by atoms with Gasteiger partial charge < -0.3 is 9.64 Å². The molecule has 3 rings (SSSR count). The number of anilines is 1. The highest BCUT2D eigenvalue weighted by Crippen LogP contribution is 2.35. The first-order chi connectivity index (χ1) is 13.6. The van der Waals surface area contributed by atoms with Crippen molar-refractivity contribution in [3.8, 4) is 5.75 Å². The van der Waals surface area contributed by atoms with E-state index in [0.717, 1.165) is 6.54 Å². The van der Waals surface area contributed by atoms with E-state index in [-0.39, 0.29) is 28.7 Å². The number of likely N-dealkylation sites (N-methyl/N-ethyl adjacent to an activating group) is 1. The summed E-state index contributed by atoms with van der Waals surface area (Å²) in [6, 6.07) is 4.06. The number of carbonyl (C=O) groups excluding carboxylic acids is 1. The Kier molecular flexibility index (Phi) is 6.23. The average molecular weight is 446 g/mol. The van der Waals surface area contributed by atoms with Crippen molar-refractivity contribution in [1.29, 1.82) is 0 Å². The average Bonchev–Trinajstić information content (AvgIpc) is 2.89. The van der Waals surface area contributed by atoms with Crippen LogP contribution in [0.3, 0.4) is 0 Å². The maximum Gasteiger partial charge on any atom is 0.246 e. The predicted molar refractivity (Wildman–Crippen MR) is 109 cm³/mol. The maximum atomic E-state index is 13.3. The molecular formula is C18H27N3O6S2. The first kappa shape index (κ1) is 22.0. The fourth-order valence-electron chi connectivity index (χ4n) is 3.61. The molecule has 1 atom stereocenters. The van der Waals surface area contributed by atoms with Gasteiger partial charge in [-0.1, -0.05) is 13.8 Å². The van der Waals surface area contributed by atoms with Crippen molar-refractivity contribution in [2.24, 2.45) is 5.92 Å². The summed E-state index contributed by atoms with van der Waals surface area (Å²) in [5.41, 5.74) is 0.0218. The van der Waals surface area contributed by atoms with Gasteiger partial charge in [0, 0.05) is 26.2 Å². The third kappa shape index (κ3) is 4.14. The third-order valence-electron chi connectivity index (χ3n) is 5.22. The Morgan fingerprint density at radius 1 is 1.14 bits per heavy atom. The minimum absolute atomic E-state index is 0.0218. The number of nitrogens with zero attached hydrogens (tertiary/aromatic N) is 3. The van der Waals surface area contributed by atoms with Gasteiger partial charge in [0.25, 0.3) is 0 Å². The fraction of sp³-hybridized carbons (Fsp3) is 0.611. The van der Waals surface area contributed by atoms with E-state index in [1.54, 1.807) is 13.8 Å². The van der Waals surface area contributed by atoms with Crippen molar-refractivity contribution in [2.75, 3.05) is 49.4 Å². The molecule has 1 aromatic rings. The topological polar surface area (TPSA) is 104 Å². The first-order valence-corrected chi connectivity index (χ1v) is 12.7. The first-order valence-electron chi connectivity index (χ1n) is 9.68. The van der Waals surface area contributed by atoms with Crippen LogP contribution in [-0.4, -0.2) is 77.0 Å². The van der Waals surface area contributed by atoms with Gasteiger partial charge in [-0.2, -0.15) is 4.31 Å². The highest BCUT2D eigenvalue weighted by atomic mass is 32.2. The Balaban J connectivity index is 2.03. The summed E-state index contributed by atoms with van der Waals surface area (Å²) in [5, 5.41) is 0. The van der Waals surface area contributed by atoms with Crippen LogP contribution >= 0.6 is 0 Å². The fourth-order valence-corrected chi connectivity index (χ4v) is 7.00. The summed E-state index contributed by atoms with van der Waals surface area (Å²) in [6.07, 6.45) is 0. The Bertz CT molecular complexity index is 985. The van der Waals surface area contributed by atoms with Crippen molar-refractivity contribution >= 4 is 31.6 Å². The Hall–Kier alpha value is -1.69.